The Kier molecular flexibility index (Phi) is 8.55. The third kappa shape index (κ3) is 6.26. The van der Waals surface area contributed by atoms with Crippen LogP contribution in [0.1, 0.15) is 36.6 Å². The molecule has 0 bridgehead atoms. The van der Waals surface area contributed by atoms with Gasteiger partial charge in [-0.25, -0.2) is 23.3 Å². The molecule has 4 heterocycles. The Labute approximate surface area is 220 Å². The van der Waals surface area contributed by atoms with Gasteiger partial charge in [-0.1, -0.05) is 19.4 Å². The lowest BCUT2D eigenvalue weighted by atomic mass is 10.1. The highest BCUT2D eigenvalue weighted by atomic mass is 19.3. The van der Waals surface area contributed by atoms with Gasteiger partial charge in [-0.3, -0.25) is 4.79 Å². The zero-order valence-corrected chi connectivity index (χ0v) is 22.3. The smallest absolute Gasteiger partial charge is 0.336 e. The van der Waals surface area contributed by atoms with Gasteiger partial charge in [0.15, 0.2) is 17.6 Å². The van der Waals surface area contributed by atoms with Crippen LogP contribution in [0.25, 0.3) is 5.65 Å². The molecule has 0 radical (unpaired) electrons. The van der Waals surface area contributed by atoms with Crippen LogP contribution in [0.3, 0.4) is 0 Å². The minimum absolute atomic E-state index is 0.0543. The molecule has 206 valence electrons. The van der Waals surface area contributed by atoms with Crippen molar-refractivity contribution in [2.75, 3.05) is 57.5 Å². The number of nitrogen functional groups attached to an aromatic ring is 1. The van der Waals surface area contributed by atoms with Crippen LogP contribution in [-0.2, 0) is 11.2 Å². The van der Waals surface area contributed by atoms with Crippen LogP contribution in [0.2, 0.25) is 0 Å². The van der Waals surface area contributed by atoms with Crippen molar-refractivity contribution in [2.45, 2.75) is 45.6 Å². The number of fused-ring (bicyclic) bond motifs is 1. The topological polar surface area (TPSA) is 118 Å². The van der Waals surface area contributed by atoms with Gasteiger partial charge >= 0.3 is 6.01 Å². The highest BCUT2D eigenvalue weighted by molar-refractivity contribution is 5.78. The molecule has 13 heteroatoms. The number of likely N-dealkylation sites (N-methyl/N-ethyl adjacent to an activating group) is 1. The number of carbonyl (C=O) groups excluding carboxylic acids is 1. The van der Waals surface area contributed by atoms with E-state index in [1.165, 1.54) is 4.52 Å². The maximum absolute atomic E-state index is 13.3. The molecule has 0 spiro atoms. The Hall–Kier alpha value is -3.61. The number of imidazole rings is 1. The minimum atomic E-state index is -2.66. The summed E-state index contributed by atoms with van der Waals surface area (Å²) in [4.78, 5) is 31.3. The van der Waals surface area contributed by atoms with Crippen LogP contribution < -0.4 is 15.4 Å². The number of carbonyl (C=O) groups is 1. The molecule has 0 aromatic carbocycles. The second kappa shape index (κ2) is 11.8. The van der Waals surface area contributed by atoms with Crippen molar-refractivity contribution in [1.29, 1.82) is 0 Å². The number of aryl methyl sites for hydroxylation is 1. The average Bonchev–Trinajstić information content (AvgIpc) is 3.26. The van der Waals surface area contributed by atoms with Gasteiger partial charge in [0.05, 0.1) is 18.4 Å². The summed E-state index contributed by atoms with van der Waals surface area (Å²) in [6, 6.07) is 1.85. The SMILES string of the molecule is CCC[C@@H](Oc1nc(N)c2ncc(Cc3cnc(N4CCN(C(=O)CN(C)C)CC4)c(C)c3)n2n1)C(F)F. The van der Waals surface area contributed by atoms with Crippen LogP contribution in [0.4, 0.5) is 20.4 Å². The van der Waals surface area contributed by atoms with E-state index in [9.17, 15) is 13.6 Å². The highest BCUT2D eigenvalue weighted by Gasteiger charge is 2.25. The summed E-state index contributed by atoms with van der Waals surface area (Å²) in [6.45, 7) is 6.98. The van der Waals surface area contributed by atoms with Gasteiger partial charge in [0.2, 0.25) is 5.91 Å². The fraction of sp³-hybridized carbons (Fsp3) is 0.560. The van der Waals surface area contributed by atoms with E-state index >= 15 is 0 Å². The van der Waals surface area contributed by atoms with E-state index in [1.54, 1.807) is 19.3 Å². The summed E-state index contributed by atoms with van der Waals surface area (Å²) >= 11 is 0. The molecule has 0 saturated carbocycles. The molecule has 1 aliphatic heterocycles. The predicted molar refractivity (Wildman–Crippen MR) is 140 cm³/mol. The zero-order valence-electron chi connectivity index (χ0n) is 22.3. The van der Waals surface area contributed by atoms with E-state index in [4.69, 9.17) is 15.5 Å². The maximum atomic E-state index is 13.3. The van der Waals surface area contributed by atoms with Crippen LogP contribution >= 0.6 is 0 Å². The van der Waals surface area contributed by atoms with Crippen molar-refractivity contribution in [3.63, 3.8) is 0 Å². The van der Waals surface area contributed by atoms with Crippen molar-refractivity contribution in [2.24, 2.45) is 0 Å². The number of anilines is 2. The number of ether oxygens (including phenoxy) is 1. The first kappa shape index (κ1) is 27.4. The van der Waals surface area contributed by atoms with Crippen molar-refractivity contribution >= 4 is 23.2 Å². The maximum Gasteiger partial charge on any atom is 0.336 e. The molecule has 1 saturated heterocycles. The van der Waals surface area contributed by atoms with Gasteiger partial charge < -0.3 is 25.2 Å². The lowest BCUT2D eigenvalue weighted by molar-refractivity contribution is -0.132. The lowest BCUT2D eigenvalue weighted by Crippen LogP contribution is -2.51. The molecule has 1 aliphatic rings. The number of pyridine rings is 1. The van der Waals surface area contributed by atoms with Crippen molar-refractivity contribution in [3.8, 4) is 6.01 Å². The molecule has 3 aromatic heterocycles. The number of hydrogen-bond acceptors (Lipinski definition) is 9. The average molecular weight is 532 g/mol. The first-order chi connectivity index (χ1) is 18.2. The van der Waals surface area contributed by atoms with Crippen molar-refractivity contribution in [1.82, 2.24) is 34.4 Å². The van der Waals surface area contributed by atoms with Crippen molar-refractivity contribution in [3.05, 3.63) is 35.3 Å². The van der Waals surface area contributed by atoms with Gasteiger partial charge in [0.25, 0.3) is 6.43 Å². The Bertz CT molecular complexity index is 1260. The Balaban J connectivity index is 1.47. The number of hydrogen-bond donors (Lipinski definition) is 1. The Morgan fingerprint density at radius 3 is 2.55 bits per heavy atom. The monoisotopic (exact) mass is 531 g/mol. The second-order valence-corrected chi connectivity index (χ2v) is 9.81. The molecular weight excluding hydrogens is 496 g/mol. The zero-order chi connectivity index (χ0) is 27.4. The van der Waals surface area contributed by atoms with Crippen molar-refractivity contribution < 1.29 is 18.3 Å². The van der Waals surface area contributed by atoms with Crippen LogP contribution in [0.5, 0.6) is 6.01 Å². The van der Waals surface area contributed by atoms with Crippen LogP contribution in [0, 0.1) is 6.92 Å². The fourth-order valence-electron chi connectivity index (χ4n) is 4.56. The quantitative estimate of drug-likeness (QED) is 0.419. The van der Waals surface area contributed by atoms with Crippen LogP contribution in [-0.4, -0.2) is 99.6 Å². The standard InChI is InChI=1S/C25H35F2N9O2/c1-5-6-19(21(26)27)38-25-31-22(28)24-30-14-18(36(24)32-25)12-17-11-16(2)23(29-13-17)35-9-7-34(8-10-35)20(37)15-33(3)4/h11,13-14,19,21H,5-10,12,15H2,1-4H3,(H2,28,31,32)/t19-/m1/s1. The number of rotatable bonds is 10. The number of amides is 1. The molecule has 38 heavy (non-hydrogen) atoms. The van der Waals surface area contributed by atoms with Gasteiger partial charge in [-0.2, -0.15) is 4.98 Å². The number of nitrogens with zero attached hydrogens (tertiary/aromatic N) is 8. The van der Waals surface area contributed by atoms with E-state index in [0.717, 1.165) is 30.0 Å². The third-order valence-corrected chi connectivity index (χ3v) is 6.43. The Morgan fingerprint density at radius 1 is 1.18 bits per heavy atom. The largest absolute Gasteiger partial charge is 0.453 e. The Morgan fingerprint density at radius 2 is 1.92 bits per heavy atom. The molecule has 1 amide bonds. The van der Waals surface area contributed by atoms with Gasteiger partial charge in [0, 0.05) is 38.8 Å². The summed E-state index contributed by atoms with van der Waals surface area (Å²) in [5, 5.41) is 4.29. The number of halogens is 2. The number of nitrogens with two attached hydrogens (primary N) is 1. The molecule has 0 unspecified atom stereocenters. The molecular formula is C25H35F2N9O2. The van der Waals surface area contributed by atoms with E-state index in [1.807, 2.05) is 30.8 Å². The molecule has 0 aliphatic carbocycles. The number of alkyl halides is 2. The summed E-state index contributed by atoms with van der Waals surface area (Å²) in [5.74, 6) is 1.08. The van der Waals surface area contributed by atoms with Gasteiger partial charge in [-0.05, 0) is 38.6 Å². The minimum Gasteiger partial charge on any atom is -0.453 e. The van der Waals surface area contributed by atoms with E-state index in [2.05, 4.69) is 26.0 Å². The first-order valence-corrected chi connectivity index (χ1v) is 12.7. The van der Waals surface area contributed by atoms with Gasteiger partial charge in [0.1, 0.15) is 5.82 Å². The summed E-state index contributed by atoms with van der Waals surface area (Å²) in [7, 11) is 3.78. The molecule has 1 atom stereocenters. The first-order valence-electron chi connectivity index (χ1n) is 12.7. The van der Waals surface area contributed by atoms with Gasteiger partial charge in [-0.15, -0.1) is 5.10 Å². The highest BCUT2D eigenvalue weighted by Crippen LogP contribution is 2.23. The molecule has 11 nitrogen and oxygen atoms in total. The number of aromatic nitrogens is 5. The summed E-state index contributed by atoms with van der Waals surface area (Å²) < 4.78 is 33.5. The van der Waals surface area contributed by atoms with E-state index in [0.29, 0.717) is 43.8 Å². The molecule has 4 rings (SSSR count). The molecule has 1 fully saturated rings. The fourth-order valence-corrected chi connectivity index (χ4v) is 4.56. The van der Waals surface area contributed by atoms with Crippen LogP contribution in [0.15, 0.2) is 18.5 Å². The molecule has 3 aromatic rings. The normalized spacial score (nSPS) is 15.1. The molecule has 2 N–H and O–H groups in total. The van der Waals surface area contributed by atoms with E-state index < -0.39 is 12.5 Å². The summed E-state index contributed by atoms with van der Waals surface area (Å²) in [6.07, 6.45) is 0.632. The lowest BCUT2D eigenvalue weighted by Gasteiger charge is -2.36. The van der Waals surface area contributed by atoms with E-state index in [-0.39, 0.29) is 24.2 Å². The summed E-state index contributed by atoms with van der Waals surface area (Å²) in [5.41, 5.74) is 9.00. The predicted octanol–water partition coefficient (Wildman–Crippen LogP) is 2.02. The third-order valence-electron chi connectivity index (χ3n) is 6.43. The second-order valence-electron chi connectivity index (χ2n) is 9.81. The number of piperazine rings is 1.